The molecule has 56 valence electrons. The summed E-state index contributed by atoms with van der Waals surface area (Å²) in [6.07, 6.45) is 3.83. The van der Waals surface area contributed by atoms with Gasteiger partial charge in [0.05, 0.1) is 0 Å². The lowest BCUT2D eigenvalue weighted by atomic mass is 10.2. The monoisotopic (exact) mass is 139 g/mol. The summed E-state index contributed by atoms with van der Waals surface area (Å²) in [6, 6.07) is 0.156. The summed E-state index contributed by atoms with van der Waals surface area (Å²) in [7, 11) is 0. The maximum absolute atomic E-state index is 10.6. The van der Waals surface area contributed by atoms with Crippen LogP contribution in [0.5, 0.6) is 0 Å². The normalized spacial score (nSPS) is 11.7. The predicted octanol–water partition coefficient (Wildman–Crippen LogP) is 1.25. The molecule has 0 saturated heterocycles. The van der Waals surface area contributed by atoms with Crippen molar-refractivity contribution in [2.24, 2.45) is 0 Å². The molecule has 0 fully saturated rings. The molecule has 1 amide bonds. The fourth-order valence-corrected chi connectivity index (χ4v) is 0.611. The minimum atomic E-state index is -0.130. The van der Waals surface area contributed by atoms with Gasteiger partial charge in [-0.3, -0.25) is 4.79 Å². The molecule has 0 aliphatic rings. The fourth-order valence-electron chi connectivity index (χ4n) is 0.611. The Kier molecular flexibility index (Phi) is 4.29. The van der Waals surface area contributed by atoms with Crippen LogP contribution in [-0.2, 0) is 4.79 Å². The second kappa shape index (κ2) is 4.79. The van der Waals surface area contributed by atoms with Gasteiger partial charge < -0.3 is 5.32 Å². The molecule has 10 heavy (non-hydrogen) atoms. The molecule has 2 heteroatoms. The molecule has 0 aromatic rings. The van der Waals surface area contributed by atoms with E-state index in [1.54, 1.807) is 6.08 Å². The molecule has 0 aliphatic carbocycles. The molecule has 0 aromatic heterocycles. The highest BCUT2D eigenvalue weighted by atomic mass is 16.1. The Hall–Kier alpha value is -1.05. The van der Waals surface area contributed by atoms with Gasteiger partial charge >= 0.3 is 0 Å². The molecule has 0 bridgehead atoms. The van der Waals surface area contributed by atoms with Crippen molar-refractivity contribution < 1.29 is 4.79 Å². The molecule has 0 spiro atoms. The molecule has 0 radical (unpaired) electrons. The molecule has 0 saturated carbocycles. The quantitative estimate of drug-likeness (QED) is 0.461. The van der Waals surface area contributed by atoms with E-state index < -0.39 is 0 Å². The van der Waals surface area contributed by atoms with Crippen LogP contribution >= 0.6 is 0 Å². The summed E-state index contributed by atoms with van der Waals surface area (Å²) in [6.45, 7) is 8.81. The Morgan fingerprint density at radius 3 is 2.70 bits per heavy atom. The van der Waals surface area contributed by atoms with E-state index in [0.29, 0.717) is 0 Å². The number of hydrogen-bond donors (Lipinski definition) is 1. The van der Waals surface area contributed by atoms with Gasteiger partial charge in [-0.1, -0.05) is 12.7 Å². The SMILES string of the molecule is C=CCC(C)NC(=O)C=C. The van der Waals surface area contributed by atoms with E-state index in [9.17, 15) is 4.79 Å². The molecular weight excluding hydrogens is 126 g/mol. The zero-order valence-corrected chi connectivity index (χ0v) is 6.26. The molecule has 0 aliphatic heterocycles. The van der Waals surface area contributed by atoms with Crippen LogP contribution in [0.25, 0.3) is 0 Å². The minimum absolute atomic E-state index is 0.130. The second-order valence-corrected chi connectivity index (χ2v) is 2.14. The number of carbonyl (C=O) groups is 1. The lowest BCUT2D eigenvalue weighted by Gasteiger charge is -2.08. The standard InChI is InChI=1S/C8H13NO/c1-4-6-7(3)9-8(10)5-2/h4-5,7H,1-2,6H2,3H3,(H,9,10). The van der Waals surface area contributed by atoms with Gasteiger partial charge in [-0.25, -0.2) is 0 Å². The summed E-state index contributed by atoms with van der Waals surface area (Å²) >= 11 is 0. The first-order chi connectivity index (χ1) is 4.70. The molecule has 1 unspecified atom stereocenters. The van der Waals surface area contributed by atoms with Crippen LogP contribution in [0.2, 0.25) is 0 Å². The van der Waals surface area contributed by atoms with E-state index in [0.717, 1.165) is 6.42 Å². The Morgan fingerprint density at radius 2 is 2.30 bits per heavy atom. The number of hydrogen-bond acceptors (Lipinski definition) is 1. The fraction of sp³-hybridized carbons (Fsp3) is 0.375. The first-order valence-electron chi connectivity index (χ1n) is 3.24. The molecule has 1 atom stereocenters. The molecular formula is C8H13NO. The number of carbonyl (C=O) groups excluding carboxylic acids is 1. The van der Waals surface area contributed by atoms with Gasteiger partial charge in [0, 0.05) is 6.04 Å². The maximum atomic E-state index is 10.6. The van der Waals surface area contributed by atoms with Crippen molar-refractivity contribution in [1.82, 2.24) is 5.32 Å². The van der Waals surface area contributed by atoms with Crippen LogP contribution in [0.15, 0.2) is 25.3 Å². The minimum Gasteiger partial charge on any atom is -0.350 e. The number of rotatable bonds is 4. The first kappa shape index (κ1) is 8.95. The Labute approximate surface area is 61.6 Å². The van der Waals surface area contributed by atoms with E-state index in [-0.39, 0.29) is 11.9 Å². The van der Waals surface area contributed by atoms with Gasteiger partial charge in [0.15, 0.2) is 0 Å². The molecule has 2 nitrogen and oxygen atoms in total. The van der Waals surface area contributed by atoms with Crippen LogP contribution in [-0.4, -0.2) is 11.9 Å². The van der Waals surface area contributed by atoms with Crippen molar-refractivity contribution in [2.75, 3.05) is 0 Å². The Morgan fingerprint density at radius 1 is 1.70 bits per heavy atom. The van der Waals surface area contributed by atoms with Crippen molar-refractivity contribution in [2.45, 2.75) is 19.4 Å². The maximum Gasteiger partial charge on any atom is 0.243 e. The smallest absolute Gasteiger partial charge is 0.243 e. The molecule has 0 rings (SSSR count). The van der Waals surface area contributed by atoms with Crippen molar-refractivity contribution in [3.05, 3.63) is 25.3 Å². The first-order valence-corrected chi connectivity index (χ1v) is 3.24. The summed E-state index contributed by atoms with van der Waals surface area (Å²) in [4.78, 5) is 10.6. The van der Waals surface area contributed by atoms with Crippen LogP contribution < -0.4 is 5.32 Å². The van der Waals surface area contributed by atoms with Crippen LogP contribution in [0, 0.1) is 0 Å². The van der Waals surface area contributed by atoms with Crippen molar-refractivity contribution in [3.63, 3.8) is 0 Å². The van der Waals surface area contributed by atoms with Gasteiger partial charge in [0.1, 0.15) is 0 Å². The van der Waals surface area contributed by atoms with Gasteiger partial charge in [0.25, 0.3) is 0 Å². The average molecular weight is 139 g/mol. The highest BCUT2D eigenvalue weighted by Crippen LogP contribution is 1.89. The summed E-state index contributed by atoms with van der Waals surface area (Å²) < 4.78 is 0. The van der Waals surface area contributed by atoms with Gasteiger partial charge in [-0.2, -0.15) is 0 Å². The summed E-state index contributed by atoms with van der Waals surface area (Å²) in [5.74, 6) is -0.130. The van der Waals surface area contributed by atoms with Crippen LogP contribution in [0.1, 0.15) is 13.3 Å². The van der Waals surface area contributed by atoms with Crippen molar-refractivity contribution in [3.8, 4) is 0 Å². The van der Waals surface area contributed by atoms with Gasteiger partial charge in [-0.05, 0) is 19.4 Å². The average Bonchev–Trinajstić information content (AvgIpc) is 1.88. The van der Waals surface area contributed by atoms with Gasteiger partial charge in [-0.15, -0.1) is 6.58 Å². The summed E-state index contributed by atoms with van der Waals surface area (Å²) in [5.41, 5.74) is 0. The van der Waals surface area contributed by atoms with E-state index in [4.69, 9.17) is 0 Å². The molecule has 0 heterocycles. The summed E-state index contributed by atoms with van der Waals surface area (Å²) in [5, 5.41) is 2.70. The number of amides is 1. The van der Waals surface area contributed by atoms with E-state index in [2.05, 4.69) is 18.5 Å². The van der Waals surface area contributed by atoms with Crippen LogP contribution in [0.3, 0.4) is 0 Å². The third kappa shape index (κ3) is 3.89. The van der Waals surface area contributed by atoms with Crippen LogP contribution in [0.4, 0.5) is 0 Å². The zero-order chi connectivity index (χ0) is 7.98. The highest BCUT2D eigenvalue weighted by Gasteiger charge is 1.99. The largest absolute Gasteiger partial charge is 0.350 e. The third-order valence-corrected chi connectivity index (χ3v) is 1.09. The van der Waals surface area contributed by atoms with Crippen molar-refractivity contribution >= 4 is 5.91 Å². The third-order valence-electron chi connectivity index (χ3n) is 1.09. The number of nitrogens with one attached hydrogen (secondary N) is 1. The van der Waals surface area contributed by atoms with Crippen molar-refractivity contribution in [1.29, 1.82) is 0 Å². The lowest BCUT2D eigenvalue weighted by Crippen LogP contribution is -2.30. The van der Waals surface area contributed by atoms with Gasteiger partial charge in [0.2, 0.25) is 5.91 Å². The Bertz CT molecular complexity index is 140. The predicted molar refractivity (Wildman–Crippen MR) is 42.6 cm³/mol. The second-order valence-electron chi connectivity index (χ2n) is 2.14. The molecule has 1 N–H and O–H groups in total. The highest BCUT2D eigenvalue weighted by molar-refractivity contribution is 5.87. The zero-order valence-electron chi connectivity index (χ0n) is 6.26. The lowest BCUT2D eigenvalue weighted by molar-refractivity contribution is -0.117. The topological polar surface area (TPSA) is 29.1 Å². The van der Waals surface area contributed by atoms with E-state index in [1.807, 2.05) is 6.92 Å². The molecule has 0 aromatic carbocycles. The van der Waals surface area contributed by atoms with E-state index in [1.165, 1.54) is 6.08 Å². The Balaban J connectivity index is 3.55. The van der Waals surface area contributed by atoms with E-state index >= 15 is 0 Å².